The highest BCUT2D eigenvalue weighted by molar-refractivity contribution is 9.08. The maximum atomic E-state index is 5.89. The van der Waals surface area contributed by atoms with Crippen molar-refractivity contribution in [2.45, 2.75) is 37.3 Å². The molecular formula is C14H18BrNO. The molecule has 2 heterocycles. The van der Waals surface area contributed by atoms with Crippen LogP contribution >= 0.6 is 15.9 Å². The number of halogens is 1. The highest BCUT2D eigenvalue weighted by Gasteiger charge is 2.34. The van der Waals surface area contributed by atoms with Crippen LogP contribution in [0.1, 0.15) is 24.0 Å². The quantitative estimate of drug-likeness (QED) is 0.777. The first-order valence-electron chi connectivity index (χ1n) is 6.32. The predicted octanol–water partition coefficient (Wildman–Crippen LogP) is 3.26. The Morgan fingerprint density at radius 1 is 1.29 bits per heavy atom. The molecule has 1 aromatic carbocycles. The first-order chi connectivity index (χ1) is 8.26. The molecule has 2 nitrogen and oxygen atoms in total. The Hall–Kier alpha value is -0.540. The van der Waals surface area contributed by atoms with E-state index in [0.717, 1.165) is 18.4 Å². The molecule has 17 heavy (non-hydrogen) atoms. The molecule has 0 aromatic heterocycles. The zero-order valence-electron chi connectivity index (χ0n) is 10.2. The Labute approximate surface area is 111 Å². The molecule has 2 aliphatic rings. The van der Waals surface area contributed by atoms with Gasteiger partial charge in [0.15, 0.2) is 0 Å². The maximum Gasteiger partial charge on any atom is 0.0755 e. The summed E-state index contributed by atoms with van der Waals surface area (Å²) >= 11 is 3.60. The highest BCUT2D eigenvalue weighted by atomic mass is 79.9. The van der Waals surface area contributed by atoms with Crippen LogP contribution in [0.25, 0.3) is 0 Å². The molecule has 0 aliphatic carbocycles. The molecule has 2 fully saturated rings. The van der Waals surface area contributed by atoms with Crippen molar-refractivity contribution < 1.29 is 4.74 Å². The molecule has 0 N–H and O–H groups in total. The van der Waals surface area contributed by atoms with Crippen molar-refractivity contribution in [1.82, 2.24) is 0 Å². The van der Waals surface area contributed by atoms with Gasteiger partial charge in [-0.2, -0.15) is 0 Å². The van der Waals surface area contributed by atoms with E-state index in [4.69, 9.17) is 4.74 Å². The van der Waals surface area contributed by atoms with Gasteiger partial charge in [-0.3, -0.25) is 0 Å². The lowest BCUT2D eigenvalue weighted by Gasteiger charge is -2.35. The number of alkyl halides is 1. The molecule has 3 rings (SSSR count). The van der Waals surface area contributed by atoms with E-state index in [-0.39, 0.29) is 0 Å². The van der Waals surface area contributed by atoms with Crippen molar-refractivity contribution in [3.8, 4) is 0 Å². The Morgan fingerprint density at radius 3 is 2.65 bits per heavy atom. The van der Waals surface area contributed by atoms with Crippen molar-refractivity contribution >= 4 is 21.6 Å². The summed E-state index contributed by atoms with van der Waals surface area (Å²) in [5.74, 6) is 0. The van der Waals surface area contributed by atoms with Gasteiger partial charge in [-0.1, -0.05) is 33.6 Å². The fraction of sp³-hybridized carbons (Fsp3) is 0.571. The van der Waals surface area contributed by atoms with E-state index in [0.29, 0.717) is 12.2 Å². The third-order valence-electron chi connectivity index (χ3n) is 3.76. The van der Waals surface area contributed by atoms with E-state index in [1.807, 2.05) is 0 Å². The van der Waals surface area contributed by atoms with Gasteiger partial charge in [-0.05, 0) is 31.4 Å². The van der Waals surface area contributed by atoms with Crippen LogP contribution in [-0.2, 0) is 10.1 Å². The van der Waals surface area contributed by atoms with Crippen LogP contribution in [0.5, 0.6) is 0 Å². The monoisotopic (exact) mass is 295 g/mol. The predicted molar refractivity (Wildman–Crippen MR) is 73.9 cm³/mol. The summed E-state index contributed by atoms with van der Waals surface area (Å²) in [5.41, 5.74) is 4.11. The summed E-state index contributed by atoms with van der Waals surface area (Å²) in [4.78, 5) is 2.50. The van der Waals surface area contributed by atoms with Gasteiger partial charge in [-0.25, -0.2) is 0 Å². The molecule has 2 bridgehead atoms. The lowest BCUT2D eigenvalue weighted by Crippen LogP contribution is -2.43. The number of hydrogen-bond donors (Lipinski definition) is 0. The summed E-state index contributed by atoms with van der Waals surface area (Å²) in [7, 11) is 0. The van der Waals surface area contributed by atoms with Crippen LogP contribution in [0.4, 0.5) is 5.69 Å². The Kier molecular flexibility index (Phi) is 3.14. The number of rotatable bonds is 2. The molecule has 2 unspecified atom stereocenters. The number of nitrogens with zero attached hydrogens (tertiary/aromatic N) is 1. The normalized spacial score (nSPS) is 27.5. The van der Waals surface area contributed by atoms with Gasteiger partial charge < -0.3 is 9.64 Å². The lowest BCUT2D eigenvalue weighted by atomic mass is 10.1. The Bertz CT molecular complexity index is 409. The standard InChI is InChI=1S/C14H18BrNO/c1-10-2-5-14(11(6-10)7-15)16-8-12-3-4-13(9-16)17-12/h2,5-6,12-13H,3-4,7-9H2,1H3. The van der Waals surface area contributed by atoms with Crippen LogP contribution in [0.15, 0.2) is 18.2 Å². The van der Waals surface area contributed by atoms with Crippen molar-refractivity contribution in [3.05, 3.63) is 29.3 Å². The minimum Gasteiger partial charge on any atom is -0.371 e. The number of fused-ring (bicyclic) bond motifs is 2. The second-order valence-electron chi connectivity index (χ2n) is 5.13. The SMILES string of the molecule is Cc1ccc(N2CC3CCC(C2)O3)c(CBr)c1. The summed E-state index contributed by atoms with van der Waals surface area (Å²) in [6.07, 6.45) is 3.38. The van der Waals surface area contributed by atoms with Crippen molar-refractivity contribution in [2.24, 2.45) is 0 Å². The van der Waals surface area contributed by atoms with Gasteiger partial charge in [-0.15, -0.1) is 0 Å². The van der Waals surface area contributed by atoms with Crippen LogP contribution in [0.3, 0.4) is 0 Å². The summed E-state index contributed by atoms with van der Waals surface area (Å²) < 4.78 is 5.89. The zero-order chi connectivity index (χ0) is 11.8. The van der Waals surface area contributed by atoms with Gasteiger partial charge in [0, 0.05) is 24.1 Å². The molecule has 2 aliphatic heterocycles. The molecule has 2 atom stereocenters. The molecule has 0 spiro atoms. The third-order valence-corrected chi connectivity index (χ3v) is 4.37. The second kappa shape index (κ2) is 4.62. The molecule has 1 aromatic rings. The molecule has 0 amide bonds. The molecule has 92 valence electrons. The smallest absolute Gasteiger partial charge is 0.0755 e. The van der Waals surface area contributed by atoms with E-state index in [1.165, 1.54) is 29.7 Å². The third kappa shape index (κ3) is 2.23. The van der Waals surface area contributed by atoms with Gasteiger partial charge in [0.05, 0.1) is 12.2 Å². The van der Waals surface area contributed by atoms with Gasteiger partial charge in [0.1, 0.15) is 0 Å². The van der Waals surface area contributed by atoms with Gasteiger partial charge in [0.2, 0.25) is 0 Å². The summed E-state index contributed by atoms with van der Waals surface area (Å²) in [5, 5.41) is 0.927. The number of aryl methyl sites for hydroxylation is 1. The van der Waals surface area contributed by atoms with E-state index in [9.17, 15) is 0 Å². The number of ether oxygens (including phenoxy) is 1. The average Bonchev–Trinajstić information content (AvgIpc) is 2.68. The highest BCUT2D eigenvalue weighted by Crippen LogP contribution is 2.32. The van der Waals surface area contributed by atoms with Crippen molar-refractivity contribution in [2.75, 3.05) is 18.0 Å². The Morgan fingerprint density at radius 2 is 2.00 bits per heavy atom. The van der Waals surface area contributed by atoms with Crippen molar-refractivity contribution in [3.63, 3.8) is 0 Å². The molecule has 0 saturated carbocycles. The fourth-order valence-electron chi connectivity index (χ4n) is 2.94. The second-order valence-corrected chi connectivity index (χ2v) is 5.69. The first kappa shape index (κ1) is 11.5. The van der Waals surface area contributed by atoms with E-state index in [2.05, 4.69) is 46.0 Å². The number of anilines is 1. The number of hydrogen-bond acceptors (Lipinski definition) is 2. The van der Waals surface area contributed by atoms with Crippen LogP contribution in [0.2, 0.25) is 0 Å². The molecule has 3 heteroatoms. The lowest BCUT2D eigenvalue weighted by molar-refractivity contribution is 0.0304. The first-order valence-corrected chi connectivity index (χ1v) is 7.44. The van der Waals surface area contributed by atoms with E-state index >= 15 is 0 Å². The Balaban J connectivity index is 1.88. The van der Waals surface area contributed by atoms with Crippen LogP contribution in [-0.4, -0.2) is 25.3 Å². The average molecular weight is 296 g/mol. The topological polar surface area (TPSA) is 12.5 Å². The van der Waals surface area contributed by atoms with E-state index in [1.54, 1.807) is 0 Å². The van der Waals surface area contributed by atoms with Crippen LogP contribution < -0.4 is 4.90 Å². The molecule has 2 saturated heterocycles. The minimum absolute atomic E-state index is 0.457. The fourth-order valence-corrected chi connectivity index (χ4v) is 3.39. The van der Waals surface area contributed by atoms with Crippen molar-refractivity contribution in [1.29, 1.82) is 0 Å². The van der Waals surface area contributed by atoms with Gasteiger partial charge in [0.25, 0.3) is 0 Å². The number of morpholine rings is 1. The summed E-state index contributed by atoms with van der Waals surface area (Å²) in [6.45, 7) is 4.26. The van der Waals surface area contributed by atoms with Crippen LogP contribution in [0, 0.1) is 6.92 Å². The van der Waals surface area contributed by atoms with Gasteiger partial charge >= 0.3 is 0 Å². The van der Waals surface area contributed by atoms with E-state index < -0.39 is 0 Å². The minimum atomic E-state index is 0.457. The molecule has 0 radical (unpaired) electrons. The molecular weight excluding hydrogens is 278 g/mol. The largest absolute Gasteiger partial charge is 0.371 e. The number of benzene rings is 1. The summed E-state index contributed by atoms with van der Waals surface area (Å²) in [6, 6.07) is 6.75. The maximum absolute atomic E-state index is 5.89. The zero-order valence-corrected chi connectivity index (χ0v) is 11.7.